The number of carbonyl (C=O) groups is 2. The fourth-order valence-electron chi connectivity index (χ4n) is 4.63. The van der Waals surface area contributed by atoms with Crippen LogP contribution in [0.5, 0.6) is 0 Å². The Balaban J connectivity index is 1.09. The van der Waals surface area contributed by atoms with Crippen LogP contribution in [0.1, 0.15) is 22.3 Å². The second-order valence-electron chi connectivity index (χ2n) is 9.25. The molecule has 0 heterocycles. The first-order chi connectivity index (χ1) is 19.1. The molecule has 0 radical (unpaired) electrons. The number of allylic oxidation sites excluding steroid dienone is 4. The molecule has 4 aromatic carbocycles. The van der Waals surface area contributed by atoms with E-state index in [1.165, 1.54) is 0 Å². The first-order valence-corrected chi connectivity index (χ1v) is 12.7. The lowest BCUT2D eigenvalue weighted by atomic mass is 9.92. The van der Waals surface area contributed by atoms with Crippen molar-refractivity contribution in [1.82, 2.24) is 0 Å². The lowest BCUT2D eigenvalue weighted by molar-refractivity contribution is -0.110. The maximum Gasteiger partial charge on any atom is 0.187 e. The largest absolute Gasteiger partial charge is 0.361 e. The van der Waals surface area contributed by atoms with Gasteiger partial charge in [0.1, 0.15) is 0 Å². The third-order valence-electron chi connectivity index (χ3n) is 6.69. The van der Waals surface area contributed by atoms with Gasteiger partial charge in [-0.3, -0.25) is 9.59 Å². The van der Waals surface area contributed by atoms with E-state index in [1.54, 1.807) is 24.6 Å². The average molecular weight is 508 g/mol. The molecule has 0 bridgehead atoms. The minimum atomic E-state index is -0.0133. The normalized spacial score (nSPS) is 15.7. The SMILES string of the molecule is O=C1C=Cc2ccccc2/C1=C/Nc1ccc(Nc2ccc(N/C=C3\C(=O)C=Cc4ccccc43)cc2)cc1. The smallest absolute Gasteiger partial charge is 0.187 e. The number of ketones is 2. The highest BCUT2D eigenvalue weighted by molar-refractivity contribution is 6.30. The minimum absolute atomic E-state index is 0.0133. The van der Waals surface area contributed by atoms with Gasteiger partial charge in [0.2, 0.25) is 0 Å². The molecule has 4 aromatic rings. The number of anilines is 4. The maximum absolute atomic E-state index is 12.4. The van der Waals surface area contributed by atoms with Crippen LogP contribution < -0.4 is 16.0 Å². The molecule has 0 saturated heterocycles. The molecule has 0 saturated carbocycles. The predicted molar refractivity (Wildman–Crippen MR) is 160 cm³/mol. The van der Waals surface area contributed by atoms with E-state index in [1.807, 2.05) is 109 Å². The van der Waals surface area contributed by atoms with Gasteiger partial charge in [0.05, 0.1) is 0 Å². The second-order valence-corrected chi connectivity index (χ2v) is 9.25. The van der Waals surface area contributed by atoms with Crippen LogP contribution in [-0.2, 0) is 9.59 Å². The van der Waals surface area contributed by atoms with E-state index in [0.717, 1.165) is 45.0 Å². The van der Waals surface area contributed by atoms with Crippen LogP contribution >= 0.6 is 0 Å². The van der Waals surface area contributed by atoms with Gasteiger partial charge in [0.15, 0.2) is 11.6 Å². The number of rotatable bonds is 6. The summed E-state index contributed by atoms with van der Waals surface area (Å²) in [6.07, 6.45) is 10.4. The number of hydrogen-bond donors (Lipinski definition) is 3. The van der Waals surface area contributed by atoms with Crippen LogP contribution in [0.2, 0.25) is 0 Å². The summed E-state index contributed by atoms with van der Waals surface area (Å²) in [6.45, 7) is 0. The van der Waals surface area contributed by atoms with Gasteiger partial charge >= 0.3 is 0 Å². The van der Waals surface area contributed by atoms with Gasteiger partial charge in [-0.1, -0.05) is 60.7 Å². The first-order valence-electron chi connectivity index (χ1n) is 12.7. The van der Waals surface area contributed by atoms with Gasteiger partial charge < -0.3 is 16.0 Å². The van der Waals surface area contributed by atoms with E-state index < -0.39 is 0 Å². The molecule has 0 fully saturated rings. The van der Waals surface area contributed by atoms with Crippen LogP contribution in [-0.4, -0.2) is 11.6 Å². The van der Waals surface area contributed by atoms with E-state index in [-0.39, 0.29) is 11.6 Å². The van der Waals surface area contributed by atoms with Crippen molar-refractivity contribution >= 4 is 57.6 Å². The van der Waals surface area contributed by atoms with E-state index in [0.29, 0.717) is 11.1 Å². The highest BCUT2D eigenvalue weighted by Crippen LogP contribution is 2.28. The average Bonchev–Trinajstić information content (AvgIpc) is 2.98. The van der Waals surface area contributed by atoms with Crippen LogP contribution in [0.25, 0.3) is 23.3 Å². The standard InChI is InChI=1S/C34H25N3O2/c38-33-19-9-23-5-1-3-7-29(23)31(33)21-35-25-11-15-27(16-12-25)37-28-17-13-26(14-18-28)36-22-32-30-8-4-2-6-24(30)10-20-34(32)39/h1-22,35-37H/b31-21-,32-22-. The molecule has 188 valence electrons. The Morgan fingerprint density at radius 2 is 0.821 bits per heavy atom. The number of nitrogens with one attached hydrogen (secondary N) is 3. The van der Waals surface area contributed by atoms with Gasteiger partial charge in [-0.05, 0) is 82.9 Å². The molecule has 0 aromatic heterocycles. The van der Waals surface area contributed by atoms with Crippen LogP contribution in [0.3, 0.4) is 0 Å². The summed E-state index contributed by atoms with van der Waals surface area (Å²) in [5, 5.41) is 9.89. The number of carbonyl (C=O) groups excluding carboxylic acids is 2. The van der Waals surface area contributed by atoms with Crippen molar-refractivity contribution in [1.29, 1.82) is 0 Å². The topological polar surface area (TPSA) is 70.2 Å². The zero-order valence-electron chi connectivity index (χ0n) is 21.0. The van der Waals surface area contributed by atoms with Gasteiger partial charge in [0.25, 0.3) is 0 Å². The summed E-state index contributed by atoms with van der Waals surface area (Å²) in [4.78, 5) is 24.8. The number of fused-ring (bicyclic) bond motifs is 2. The molecule has 2 aliphatic rings. The summed E-state index contributed by atoms with van der Waals surface area (Å²) >= 11 is 0. The molecule has 2 aliphatic carbocycles. The van der Waals surface area contributed by atoms with E-state index in [2.05, 4.69) is 16.0 Å². The Hall–Kier alpha value is -5.42. The molecule has 0 unspecified atom stereocenters. The molecule has 3 N–H and O–H groups in total. The molecule has 5 nitrogen and oxygen atoms in total. The third kappa shape index (κ3) is 5.20. The third-order valence-corrected chi connectivity index (χ3v) is 6.69. The van der Waals surface area contributed by atoms with E-state index >= 15 is 0 Å². The van der Waals surface area contributed by atoms with Crippen molar-refractivity contribution in [3.05, 3.63) is 144 Å². The molecular weight excluding hydrogens is 482 g/mol. The van der Waals surface area contributed by atoms with Gasteiger partial charge in [-0.15, -0.1) is 0 Å². The van der Waals surface area contributed by atoms with E-state index in [9.17, 15) is 9.59 Å². The van der Waals surface area contributed by atoms with Crippen LogP contribution in [0.15, 0.2) is 122 Å². The molecule has 5 heteroatoms. The Kier molecular flexibility index (Phi) is 6.46. The monoisotopic (exact) mass is 507 g/mol. The van der Waals surface area contributed by atoms with Gasteiger partial charge in [-0.25, -0.2) is 0 Å². The summed E-state index contributed by atoms with van der Waals surface area (Å²) < 4.78 is 0. The quantitative estimate of drug-likeness (QED) is 0.235. The maximum atomic E-state index is 12.4. The van der Waals surface area contributed by atoms with Gasteiger partial charge in [0, 0.05) is 46.3 Å². The molecule has 39 heavy (non-hydrogen) atoms. The highest BCUT2D eigenvalue weighted by Gasteiger charge is 2.17. The first kappa shape index (κ1) is 23.9. The Labute approximate surface area is 226 Å². The molecule has 0 atom stereocenters. The zero-order chi connectivity index (χ0) is 26.6. The second kappa shape index (κ2) is 10.5. The molecule has 6 rings (SSSR count). The Bertz CT molecular complexity index is 1560. The van der Waals surface area contributed by atoms with Crippen LogP contribution in [0.4, 0.5) is 22.7 Å². The predicted octanol–water partition coefficient (Wildman–Crippen LogP) is 7.53. The fourth-order valence-corrected chi connectivity index (χ4v) is 4.63. The minimum Gasteiger partial charge on any atom is -0.361 e. The summed E-state index contributed by atoms with van der Waals surface area (Å²) in [5.74, 6) is -0.0266. The Morgan fingerprint density at radius 1 is 0.436 bits per heavy atom. The van der Waals surface area contributed by atoms with Gasteiger partial charge in [-0.2, -0.15) is 0 Å². The van der Waals surface area contributed by atoms with Crippen molar-refractivity contribution in [2.75, 3.05) is 16.0 Å². The van der Waals surface area contributed by atoms with Crippen molar-refractivity contribution < 1.29 is 9.59 Å². The fraction of sp³-hybridized carbons (Fsp3) is 0. The van der Waals surface area contributed by atoms with E-state index in [4.69, 9.17) is 0 Å². The van der Waals surface area contributed by atoms with Crippen molar-refractivity contribution in [2.45, 2.75) is 0 Å². The molecular formula is C34H25N3O2. The Morgan fingerprint density at radius 3 is 1.26 bits per heavy atom. The summed E-state index contributed by atoms with van der Waals surface area (Å²) in [6, 6.07) is 31.5. The van der Waals surface area contributed by atoms with Crippen molar-refractivity contribution in [3.8, 4) is 0 Å². The zero-order valence-corrected chi connectivity index (χ0v) is 21.0. The molecule has 0 spiro atoms. The van der Waals surface area contributed by atoms with Crippen LogP contribution in [0, 0.1) is 0 Å². The lowest BCUT2D eigenvalue weighted by Gasteiger charge is -2.14. The lowest BCUT2D eigenvalue weighted by Crippen LogP contribution is -2.06. The molecule has 0 amide bonds. The van der Waals surface area contributed by atoms with Crippen molar-refractivity contribution in [3.63, 3.8) is 0 Å². The molecule has 0 aliphatic heterocycles. The summed E-state index contributed by atoms with van der Waals surface area (Å²) in [5.41, 5.74) is 8.86. The number of hydrogen-bond acceptors (Lipinski definition) is 5. The number of benzene rings is 4. The summed E-state index contributed by atoms with van der Waals surface area (Å²) in [7, 11) is 0. The highest BCUT2D eigenvalue weighted by atomic mass is 16.1. The van der Waals surface area contributed by atoms with Crippen molar-refractivity contribution in [2.24, 2.45) is 0 Å².